The first-order valence-electron chi connectivity index (χ1n) is 6.98. The number of nitrogens with zero attached hydrogens (tertiary/aromatic N) is 2. The van der Waals surface area contributed by atoms with Crippen LogP contribution in [0, 0.1) is 6.92 Å². The first kappa shape index (κ1) is 14.9. The van der Waals surface area contributed by atoms with Crippen molar-refractivity contribution in [3.63, 3.8) is 0 Å². The Hall–Kier alpha value is -0.490. The van der Waals surface area contributed by atoms with Crippen molar-refractivity contribution < 1.29 is 4.74 Å². The van der Waals surface area contributed by atoms with Gasteiger partial charge in [-0.3, -0.25) is 4.90 Å². The number of hydrogen-bond acceptors (Lipinski definition) is 5. The molecule has 1 saturated heterocycles. The van der Waals surface area contributed by atoms with Crippen LogP contribution < -0.4 is 5.32 Å². The molecule has 0 spiro atoms. The fourth-order valence-electron chi connectivity index (χ4n) is 2.64. The number of hydrogen-bond donors (Lipinski definition) is 1. The quantitative estimate of drug-likeness (QED) is 0.810. The molecule has 5 heteroatoms. The fourth-order valence-corrected chi connectivity index (χ4v) is 3.64. The zero-order valence-electron chi connectivity index (χ0n) is 12.4. The van der Waals surface area contributed by atoms with Gasteiger partial charge in [0.25, 0.3) is 0 Å². The molecule has 1 fully saturated rings. The summed E-state index contributed by atoms with van der Waals surface area (Å²) in [6.45, 7) is 10.4. The largest absolute Gasteiger partial charge is 0.383 e. The molecule has 0 radical (unpaired) electrons. The highest BCUT2D eigenvalue weighted by Gasteiger charge is 2.42. The average molecular weight is 283 g/mol. The van der Waals surface area contributed by atoms with Gasteiger partial charge < -0.3 is 10.1 Å². The van der Waals surface area contributed by atoms with Crippen molar-refractivity contribution in [2.75, 3.05) is 33.4 Å². The Bertz CT molecular complexity index is 407. The van der Waals surface area contributed by atoms with Crippen LogP contribution in [0.5, 0.6) is 0 Å². The second-order valence-corrected chi connectivity index (χ2v) is 6.47. The Balaban J connectivity index is 2.14. The molecule has 4 nitrogen and oxygen atoms in total. The van der Waals surface area contributed by atoms with Gasteiger partial charge in [-0.1, -0.05) is 0 Å². The Kier molecular flexibility index (Phi) is 4.95. The van der Waals surface area contributed by atoms with Crippen molar-refractivity contribution in [2.24, 2.45) is 0 Å². The van der Waals surface area contributed by atoms with E-state index >= 15 is 0 Å². The molecule has 1 aromatic heterocycles. The molecule has 0 bridgehead atoms. The zero-order valence-corrected chi connectivity index (χ0v) is 13.2. The number of aromatic nitrogens is 1. The predicted molar refractivity (Wildman–Crippen MR) is 79.7 cm³/mol. The van der Waals surface area contributed by atoms with Crippen LogP contribution in [0.15, 0.2) is 5.38 Å². The van der Waals surface area contributed by atoms with E-state index in [9.17, 15) is 0 Å². The minimum Gasteiger partial charge on any atom is -0.383 e. The van der Waals surface area contributed by atoms with E-state index in [1.165, 1.54) is 5.01 Å². The molecule has 0 aliphatic carbocycles. The van der Waals surface area contributed by atoms with E-state index < -0.39 is 0 Å². The van der Waals surface area contributed by atoms with Gasteiger partial charge in [0.15, 0.2) is 0 Å². The lowest BCUT2D eigenvalue weighted by molar-refractivity contribution is 0.179. The summed E-state index contributed by atoms with van der Waals surface area (Å²) in [6, 6.07) is 0.590. The van der Waals surface area contributed by atoms with E-state index in [4.69, 9.17) is 9.72 Å². The maximum Gasteiger partial charge on any atom is 0.114 e. The highest BCUT2D eigenvalue weighted by molar-refractivity contribution is 7.09. The molecule has 2 heterocycles. The maximum absolute atomic E-state index is 5.17. The van der Waals surface area contributed by atoms with Gasteiger partial charge in [0.1, 0.15) is 5.01 Å². The van der Waals surface area contributed by atoms with E-state index in [1.54, 1.807) is 18.4 Å². The molecular formula is C14H25N3OS. The van der Waals surface area contributed by atoms with Crippen molar-refractivity contribution in [1.82, 2.24) is 15.2 Å². The Morgan fingerprint density at radius 3 is 2.89 bits per heavy atom. The molecule has 1 N–H and O–H groups in total. The summed E-state index contributed by atoms with van der Waals surface area (Å²) in [4.78, 5) is 7.25. The first-order valence-corrected chi connectivity index (χ1v) is 7.86. The summed E-state index contributed by atoms with van der Waals surface area (Å²) in [7, 11) is 1.75. The van der Waals surface area contributed by atoms with Crippen LogP contribution in [-0.4, -0.2) is 49.3 Å². The van der Waals surface area contributed by atoms with Gasteiger partial charge in [0.05, 0.1) is 12.1 Å². The number of ether oxygens (including phenoxy) is 1. The van der Waals surface area contributed by atoms with Crippen molar-refractivity contribution in [2.45, 2.75) is 38.8 Å². The zero-order chi connectivity index (χ0) is 13.9. The highest BCUT2D eigenvalue weighted by atomic mass is 32.1. The van der Waals surface area contributed by atoms with Crippen LogP contribution in [-0.2, 0) is 10.3 Å². The number of thiazole rings is 1. The van der Waals surface area contributed by atoms with Crippen molar-refractivity contribution in [3.05, 3.63) is 16.1 Å². The molecule has 1 unspecified atom stereocenters. The lowest BCUT2D eigenvalue weighted by Crippen LogP contribution is -2.46. The normalized spacial score (nSPS) is 24.5. The second-order valence-electron chi connectivity index (χ2n) is 5.61. The average Bonchev–Trinajstić information content (AvgIpc) is 2.97. The van der Waals surface area contributed by atoms with Crippen LogP contribution in [0.1, 0.15) is 31.0 Å². The van der Waals surface area contributed by atoms with E-state index in [0.717, 1.165) is 38.4 Å². The molecule has 1 atom stereocenters. The number of likely N-dealkylation sites (tertiary alicyclic amines) is 1. The molecule has 1 aliphatic heterocycles. The Morgan fingerprint density at radius 1 is 1.58 bits per heavy atom. The first-order chi connectivity index (χ1) is 9.07. The molecule has 1 aromatic rings. The lowest BCUT2D eigenvalue weighted by Gasteiger charge is -2.30. The standard InChI is InChI=1S/C14H25N3OS/c1-11(2)17-7-5-14(10-17,15-6-8-18-4)13-16-12(3)9-19-13/h9,11,15H,5-8,10H2,1-4H3. The summed E-state index contributed by atoms with van der Waals surface area (Å²) in [5.41, 5.74) is 1.14. The van der Waals surface area contributed by atoms with Crippen LogP contribution in [0.4, 0.5) is 0 Å². The molecule has 0 amide bonds. The van der Waals surface area contributed by atoms with Gasteiger partial charge in [-0.25, -0.2) is 4.98 Å². The fraction of sp³-hybridized carbons (Fsp3) is 0.786. The third kappa shape index (κ3) is 3.34. The molecule has 108 valence electrons. The number of aryl methyl sites for hydroxylation is 1. The van der Waals surface area contributed by atoms with Gasteiger partial charge in [-0.15, -0.1) is 11.3 Å². The lowest BCUT2D eigenvalue weighted by atomic mass is 9.99. The van der Waals surface area contributed by atoms with Crippen molar-refractivity contribution >= 4 is 11.3 Å². The van der Waals surface area contributed by atoms with Gasteiger partial charge in [0.2, 0.25) is 0 Å². The summed E-state index contributed by atoms with van der Waals surface area (Å²) in [5.74, 6) is 0. The number of methoxy groups -OCH3 is 1. The Labute approximate surface area is 120 Å². The maximum atomic E-state index is 5.17. The van der Waals surface area contributed by atoms with Crippen LogP contribution >= 0.6 is 11.3 Å². The molecule has 0 aromatic carbocycles. The third-order valence-corrected chi connectivity index (χ3v) is 4.99. The SMILES string of the molecule is COCCNC1(c2nc(C)cs2)CCN(C(C)C)C1. The van der Waals surface area contributed by atoms with E-state index in [-0.39, 0.29) is 5.54 Å². The Morgan fingerprint density at radius 2 is 2.37 bits per heavy atom. The number of nitrogens with one attached hydrogen (secondary N) is 1. The molecule has 1 aliphatic rings. The van der Waals surface area contributed by atoms with E-state index in [0.29, 0.717) is 6.04 Å². The van der Waals surface area contributed by atoms with Gasteiger partial charge >= 0.3 is 0 Å². The molecule has 0 saturated carbocycles. The number of rotatable bonds is 6. The highest BCUT2D eigenvalue weighted by Crippen LogP contribution is 2.34. The van der Waals surface area contributed by atoms with Crippen LogP contribution in [0.25, 0.3) is 0 Å². The summed E-state index contributed by atoms with van der Waals surface area (Å²) >= 11 is 1.78. The van der Waals surface area contributed by atoms with Crippen molar-refractivity contribution in [3.8, 4) is 0 Å². The molecular weight excluding hydrogens is 258 g/mol. The van der Waals surface area contributed by atoms with E-state index in [2.05, 4.69) is 36.4 Å². The topological polar surface area (TPSA) is 37.4 Å². The third-order valence-electron chi connectivity index (χ3n) is 3.83. The minimum absolute atomic E-state index is 0.0156. The predicted octanol–water partition coefficient (Wildman–Crippen LogP) is 2.00. The minimum atomic E-state index is 0.0156. The van der Waals surface area contributed by atoms with Gasteiger partial charge in [-0.2, -0.15) is 0 Å². The summed E-state index contributed by atoms with van der Waals surface area (Å²) in [6.07, 6.45) is 1.13. The van der Waals surface area contributed by atoms with Crippen LogP contribution in [0.2, 0.25) is 0 Å². The van der Waals surface area contributed by atoms with E-state index in [1.807, 2.05) is 0 Å². The summed E-state index contributed by atoms with van der Waals surface area (Å²) in [5, 5.41) is 7.06. The van der Waals surface area contributed by atoms with Gasteiger partial charge in [0, 0.05) is 43.9 Å². The smallest absolute Gasteiger partial charge is 0.114 e. The summed E-state index contributed by atoms with van der Waals surface area (Å²) < 4.78 is 5.17. The second kappa shape index (κ2) is 6.31. The monoisotopic (exact) mass is 283 g/mol. The molecule has 2 rings (SSSR count). The van der Waals surface area contributed by atoms with Crippen molar-refractivity contribution in [1.29, 1.82) is 0 Å². The molecule has 19 heavy (non-hydrogen) atoms. The van der Waals surface area contributed by atoms with Gasteiger partial charge in [-0.05, 0) is 27.2 Å². The van der Waals surface area contributed by atoms with Crippen LogP contribution in [0.3, 0.4) is 0 Å².